The molecule has 0 unspecified atom stereocenters. The number of aliphatic carboxylic acids is 1. The number of amidine groups is 1. The van der Waals surface area contributed by atoms with E-state index in [1.54, 1.807) is 24.1 Å². The SMILES string of the molecule is CN(C1=NC(=O)[C@H](CC(=O)O)S1)c1ccc(O)cc1. The molecule has 100 valence electrons. The average Bonchev–Trinajstić information content (AvgIpc) is 2.70. The van der Waals surface area contributed by atoms with Crippen LogP contribution in [0.4, 0.5) is 5.69 Å². The first kappa shape index (κ1) is 13.4. The van der Waals surface area contributed by atoms with E-state index in [-0.39, 0.29) is 12.2 Å². The van der Waals surface area contributed by atoms with Crippen LogP contribution in [0.3, 0.4) is 0 Å². The molecule has 6 nitrogen and oxygen atoms in total. The largest absolute Gasteiger partial charge is 0.508 e. The molecule has 0 aromatic heterocycles. The van der Waals surface area contributed by atoms with Crippen molar-refractivity contribution in [1.29, 1.82) is 0 Å². The summed E-state index contributed by atoms with van der Waals surface area (Å²) < 4.78 is 0. The van der Waals surface area contributed by atoms with Crippen LogP contribution in [-0.2, 0) is 9.59 Å². The van der Waals surface area contributed by atoms with E-state index in [1.165, 1.54) is 12.1 Å². The van der Waals surface area contributed by atoms with Crippen LogP contribution in [0.15, 0.2) is 29.3 Å². The lowest BCUT2D eigenvalue weighted by Crippen LogP contribution is -2.22. The number of amides is 1. The molecular weight excluding hydrogens is 268 g/mol. The van der Waals surface area contributed by atoms with Gasteiger partial charge >= 0.3 is 5.97 Å². The molecule has 0 fully saturated rings. The summed E-state index contributed by atoms with van der Waals surface area (Å²) in [5.41, 5.74) is 0.757. The van der Waals surface area contributed by atoms with Crippen LogP contribution in [0.5, 0.6) is 5.75 Å². The second-order valence-corrected chi connectivity index (χ2v) is 5.18. The highest BCUT2D eigenvalue weighted by Crippen LogP contribution is 2.29. The molecular formula is C12H12N2O4S. The van der Waals surface area contributed by atoms with Gasteiger partial charge in [-0.1, -0.05) is 11.8 Å². The minimum absolute atomic E-state index is 0.151. The van der Waals surface area contributed by atoms with E-state index < -0.39 is 17.1 Å². The van der Waals surface area contributed by atoms with Crippen LogP contribution in [0.25, 0.3) is 0 Å². The fraction of sp³-hybridized carbons (Fsp3) is 0.250. The summed E-state index contributed by atoms with van der Waals surface area (Å²) in [6, 6.07) is 6.44. The number of phenolic OH excluding ortho intramolecular Hbond substituents is 1. The van der Waals surface area contributed by atoms with E-state index in [0.717, 1.165) is 17.4 Å². The number of carbonyl (C=O) groups is 2. The zero-order chi connectivity index (χ0) is 14.0. The number of aliphatic imine (C=N–C) groups is 1. The quantitative estimate of drug-likeness (QED) is 0.867. The third-order valence-electron chi connectivity index (χ3n) is 2.61. The molecule has 0 spiro atoms. The molecule has 2 N–H and O–H groups in total. The van der Waals surface area contributed by atoms with Gasteiger partial charge in [0.2, 0.25) is 0 Å². The third kappa shape index (κ3) is 3.05. The Morgan fingerprint density at radius 2 is 2.05 bits per heavy atom. The lowest BCUT2D eigenvalue weighted by molar-refractivity contribution is -0.138. The van der Waals surface area contributed by atoms with Crippen molar-refractivity contribution in [3.63, 3.8) is 0 Å². The Morgan fingerprint density at radius 1 is 1.42 bits per heavy atom. The van der Waals surface area contributed by atoms with Crippen LogP contribution < -0.4 is 4.90 Å². The molecule has 19 heavy (non-hydrogen) atoms. The number of anilines is 1. The number of hydrogen-bond donors (Lipinski definition) is 2. The summed E-state index contributed by atoms with van der Waals surface area (Å²) in [6.07, 6.45) is -0.236. The van der Waals surface area contributed by atoms with Crippen LogP contribution >= 0.6 is 11.8 Å². The highest BCUT2D eigenvalue weighted by Gasteiger charge is 2.32. The number of thioether (sulfide) groups is 1. The van der Waals surface area contributed by atoms with Gasteiger partial charge in [0, 0.05) is 12.7 Å². The molecule has 1 aliphatic heterocycles. The highest BCUT2D eigenvalue weighted by atomic mass is 32.2. The lowest BCUT2D eigenvalue weighted by Gasteiger charge is -2.18. The average molecular weight is 280 g/mol. The second-order valence-electron chi connectivity index (χ2n) is 4.01. The van der Waals surface area contributed by atoms with Gasteiger partial charge in [-0.15, -0.1) is 0 Å². The minimum atomic E-state index is -1.02. The summed E-state index contributed by atoms with van der Waals surface area (Å²) >= 11 is 1.14. The highest BCUT2D eigenvalue weighted by molar-refractivity contribution is 8.15. The van der Waals surface area contributed by atoms with Gasteiger partial charge < -0.3 is 15.1 Å². The summed E-state index contributed by atoms with van der Waals surface area (Å²) in [5, 5.41) is 17.7. The smallest absolute Gasteiger partial charge is 0.305 e. The van der Waals surface area contributed by atoms with Crippen LogP contribution in [0.1, 0.15) is 6.42 Å². The van der Waals surface area contributed by atoms with Crippen molar-refractivity contribution in [3.8, 4) is 5.75 Å². The standard InChI is InChI=1S/C12H12N2O4S/c1-14(7-2-4-8(15)5-3-7)12-13-11(18)9(19-12)6-10(16)17/h2-5,9,15H,6H2,1H3,(H,16,17)/t9-/m0/s1. The summed E-state index contributed by atoms with van der Waals surface area (Å²) in [7, 11) is 1.73. The Kier molecular flexibility index (Phi) is 3.75. The Labute approximate surface area is 113 Å². The van der Waals surface area contributed by atoms with Crippen molar-refractivity contribution in [3.05, 3.63) is 24.3 Å². The van der Waals surface area contributed by atoms with Gasteiger partial charge in [-0.05, 0) is 24.3 Å². The van der Waals surface area contributed by atoms with E-state index in [1.807, 2.05) is 0 Å². The Hall–Kier alpha value is -2.02. The van der Waals surface area contributed by atoms with E-state index in [4.69, 9.17) is 5.11 Å². The van der Waals surface area contributed by atoms with Gasteiger partial charge in [-0.25, -0.2) is 0 Å². The maximum absolute atomic E-state index is 11.6. The number of phenols is 1. The molecule has 1 aromatic carbocycles. The molecule has 1 atom stereocenters. The summed E-state index contributed by atoms with van der Waals surface area (Å²) in [5.74, 6) is -1.29. The van der Waals surface area contributed by atoms with Gasteiger partial charge in [0.15, 0.2) is 5.17 Å². The first-order valence-corrected chi connectivity index (χ1v) is 6.39. The maximum Gasteiger partial charge on any atom is 0.305 e. The predicted molar refractivity (Wildman–Crippen MR) is 72.6 cm³/mol. The molecule has 0 saturated carbocycles. The summed E-state index contributed by atoms with van der Waals surface area (Å²) in [6.45, 7) is 0. The van der Waals surface area contributed by atoms with Crippen LogP contribution in [-0.4, -0.2) is 39.6 Å². The Morgan fingerprint density at radius 3 is 2.63 bits per heavy atom. The molecule has 1 aromatic rings. The molecule has 0 bridgehead atoms. The Bertz CT molecular complexity index is 541. The van der Waals surface area contributed by atoms with Crippen molar-refractivity contribution < 1.29 is 19.8 Å². The predicted octanol–water partition coefficient (Wildman–Crippen LogP) is 1.30. The minimum Gasteiger partial charge on any atom is -0.508 e. The lowest BCUT2D eigenvalue weighted by atomic mass is 10.3. The molecule has 1 amide bonds. The number of hydrogen-bond acceptors (Lipinski definition) is 5. The first-order valence-electron chi connectivity index (χ1n) is 5.51. The van der Waals surface area contributed by atoms with Crippen molar-refractivity contribution in [1.82, 2.24) is 0 Å². The van der Waals surface area contributed by atoms with E-state index in [2.05, 4.69) is 4.99 Å². The molecule has 0 aliphatic carbocycles. The van der Waals surface area contributed by atoms with Gasteiger partial charge in [-0.3, -0.25) is 9.59 Å². The van der Waals surface area contributed by atoms with Crippen LogP contribution in [0.2, 0.25) is 0 Å². The van der Waals surface area contributed by atoms with Crippen LogP contribution in [0, 0.1) is 0 Å². The number of carboxylic acid groups (broad SMARTS) is 1. The zero-order valence-corrected chi connectivity index (χ0v) is 10.9. The fourth-order valence-electron chi connectivity index (χ4n) is 1.60. The van der Waals surface area contributed by atoms with Crippen molar-refractivity contribution >= 4 is 34.5 Å². The maximum atomic E-state index is 11.6. The number of carboxylic acids is 1. The second kappa shape index (κ2) is 5.31. The van der Waals surface area contributed by atoms with Gasteiger partial charge in [0.25, 0.3) is 5.91 Å². The monoisotopic (exact) mass is 280 g/mol. The normalized spacial score (nSPS) is 18.3. The molecule has 7 heteroatoms. The number of nitrogens with zero attached hydrogens (tertiary/aromatic N) is 2. The number of aromatic hydroxyl groups is 1. The molecule has 0 saturated heterocycles. The van der Waals surface area contributed by atoms with Gasteiger partial charge in [0.05, 0.1) is 6.42 Å². The van der Waals surface area contributed by atoms with E-state index >= 15 is 0 Å². The first-order chi connectivity index (χ1) is 8.97. The van der Waals surface area contributed by atoms with E-state index in [0.29, 0.717) is 5.17 Å². The Balaban J connectivity index is 2.11. The number of benzene rings is 1. The third-order valence-corrected chi connectivity index (χ3v) is 3.84. The topological polar surface area (TPSA) is 90.2 Å². The zero-order valence-electron chi connectivity index (χ0n) is 10.1. The molecule has 1 heterocycles. The summed E-state index contributed by atoms with van der Waals surface area (Å²) in [4.78, 5) is 27.7. The van der Waals surface area contributed by atoms with Crippen molar-refractivity contribution in [2.24, 2.45) is 4.99 Å². The fourth-order valence-corrected chi connectivity index (χ4v) is 2.64. The molecule has 1 aliphatic rings. The van der Waals surface area contributed by atoms with Crippen molar-refractivity contribution in [2.75, 3.05) is 11.9 Å². The number of carbonyl (C=O) groups excluding carboxylic acids is 1. The van der Waals surface area contributed by atoms with Crippen molar-refractivity contribution in [2.45, 2.75) is 11.7 Å². The van der Waals surface area contributed by atoms with Gasteiger partial charge in [-0.2, -0.15) is 4.99 Å². The molecule has 0 radical (unpaired) electrons. The van der Waals surface area contributed by atoms with E-state index in [9.17, 15) is 14.7 Å². The number of rotatable bonds is 3. The van der Waals surface area contributed by atoms with Gasteiger partial charge in [0.1, 0.15) is 11.0 Å². The molecule has 2 rings (SSSR count).